The minimum atomic E-state index is -0.407. The van der Waals surface area contributed by atoms with Crippen LogP contribution in [0.25, 0.3) is 0 Å². The van der Waals surface area contributed by atoms with Crippen LogP contribution in [0.1, 0.15) is 33.9 Å². The van der Waals surface area contributed by atoms with Gasteiger partial charge in [-0.15, -0.1) is 0 Å². The quantitative estimate of drug-likeness (QED) is 0.559. The molecule has 0 fully saturated rings. The van der Waals surface area contributed by atoms with Crippen LogP contribution in [-0.4, -0.2) is 50.2 Å². The molecule has 1 aliphatic rings. The molecule has 0 radical (unpaired) electrons. The second kappa shape index (κ2) is 9.74. The highest BCUT2D eigenvalue weighted by Gasteiger charge is 2.34. The number of carbonyl (C=O) groups is 1. The first kappa shape index (κ1) is 23.0. The van der Waals surface area contributed by atoms with E-state index in [4.69, 9.17) is 24.0 Å². The standard InChI is InChI=1S/C26H26N2O6/c1-31-20-10-8-16(9-11-20)21-15-22(17-6-5-7-19(29)12-17)28(27-21)26(30)18-13-23(32-2)25(34-4)24(14-18)33-3/h5-14,22,29H,15H2,1-4H3. The Morgan fingerprint density at radius 3 is 2.15 bits per heavy atom. The first-order valence-electron chi connectivity index (χ1n) is 10.6. The molecule has 1 unspecified atom stereocenters. The summed E-state index contributed by atoms with van der Waals surface area (Å²) in [6, 6.07) is 17.2. The van der Waals surface area contributed by atoms with Crippen molar-refractivity contribution in [2.45, 2.75) is 12.5 Å². The first-order chi connectivity index (χ1) is 16.5. The Balaban J connectivity index is 1.77. The zero-order valence-electron chi connectivity index (χ0n) is 19.4. The van der Waals surface area contributed by atoms with E-state index in [1.165, 1.54) is 26.3 Å². The molecule has 1 atom stereocenters. The van der Waals surface area contributed by atoms with Gasteiger partial charge in [0.1, 0.15) is 11.5 Å². The number of nitrogens with zero attached hydrogens (tertiary/aromatic N) is 2. The maximum atomic E-state index is 13.7. The van der Waals surface area contributed by atoms with E-state index in [2.05, 4.69) is 0 Å². The number of benzene rings is 3. The van der Waals surface area contributed by atoms with E-state index in [1.807, 2.05) is 30.3 Å². The zero-order valence-corrected chi connectivity index (χ0v) is 19.4. The van der Waals surface area contributed by atoms with Gasteiger partial charge in [-0.2, -0.15) is 5.10 Å². The minimum absolute atomic E-state index is 0.121. The van der Waals surface area contributed by atoms with Gasteiger partial charge in [0, 0.05) is 12.0 Å². The average Bonchev–Trinajstić information content (AvgIpc) is 3.33. The number of hydrazone groups is 1. The van der Waals surface area contributed by atoms with Gasteiger partial charge in [0.2, 0.25) is 5.75 Å². The summed E-state index contributed by atoms with van der Waals surface area (Å²) in [4.78, 5) is 13.7. The molecule has 34 heavy (non-hydrogen) atoms. The topological polar surface area (TPSA) is 89.8 Å². The number of ether oxygens (including phenoxy) is 4. The van der Waals surface area contributed by atoms with Gasteiger partial charge in [-0.1, -0.05) is 12.1 Å². The van der Waals surface area contributed by atoms with Crippen molar-refractivity contribution >= 4 is 11.6 Å². The lowest BCUT2D eigenvalue weighted by Crippen LogP contribution is -2.27. The smallest absolute Gasteiger partial charge is 0.274 e. The molecule has 0 saturated heterocycles. The number of phenols is 1. The van der Waals surface area contributed by atoms with Crippen molar-refractivity contribution in [2.24, 2.45) is 5.10 Å². The fraction of sp³-hybridized carbons (Fsp3) is 0.231. The summed E-state index contributed by atoms with van der Waals surface area (Å²) in [6.45, 7) is 0. The molecule has 0 aliphatic carbocycles. The molecule has 1 heterocycles. The lowest BCUT2D eigenvalue weighted by atomic mass is 9.98. The molecule has 0 saturated carbocycles. The van der Waals surface area contributed by atoms with E-state index < -0.39 is 6.04 Å². The van der Waals surface area contributed by atoms with Crippen LogP contribution in [-0.2, 0) is 0 Å². The normalized spacial score (nSPS) is 15.0. The second-order valence-corrected chi connectivity index (χ2v) is 7.65. The van der Waals surface area contributed by atoms with Crippen LogP contribution in [0.3, 0.4) is 0 Å². The number of methoxy groups -OCH3 is 4. The van der Waals surface area contributed by atoms with Gasteiger partial charge in [-0.25, -0.2) is 5.01 Å². The Bertz CT molecular complexity index is 1200. The van der Waals surface area contributed by atoms with Crippen LogP contribution in [0.2, 0.25) is 0 Å². The van der Waals surface area contributed by atoms with Gasteiger partial charge in [-0.3, -0.25) is 4.79 Å². The zero-order chi connectivity index (χ0) is 24.2. The van der Waals surface area contributed by atoms with Crippen molar-refractivity contribution in [3.05, 3.63) is 77.4 Å². The largest absolute Gasteiger partial charge is 0.508 e. The number of carbonyl (C=O) groups excluding carboxylic acids is 1. The molecule has 176 valence electrons. The van der Waals surface area contributed by atoms with Crippen LogP contribution in [0.4, 0.5) is 0 Å². The number of hydrogen-bond acceptors (Lipinski definition) is 7. The summed E-state index contributed by atoms with van der Waals surface area (Å²) in [5.74, 6) is 1.66. The fourth-order valence-electron chi connectivity index (χ4n) is 3.98. The van der Waals surface area contributed by atoms with Crippen LogP contribution >= 0.6 is 0 Å². The Labute approximate surface area is 197 Å². The average molecular weight is 463 g/mol. The summed E-state index contributed by atoms with van der Waals surface area (Å²) in [5.41, 5.74) is 2.73. The monoisotopic (exact) mass is 462 g/mol. The SMILES string of the molecule is COc1ccc(C2=NN(C(=O)c3cc(OC)c(OC)c(OC)c3)C(c3cccc(O)c3)C2)cc1. The third kappa shape index (κ3) is 4.34. The fourth-order valence-corrected chi connectivity index (χ4v) is 3.98. The van der Waals surface area contributed by atoms with Gasteiger partial charge < -0.3 is 24.1 Å². The van der Waals surface area contributed by atoms with Crippen molar-refractivity contribution in [1.29, 1.82) is 0 Å². The van der Waals surface area contributed by atoms with Crippen LogP contribution in [0.5, 0.6) is 28.7 Å². The first-order valence-corrected chi connectivity index (χ1v) is 10.6. The highest BCUT2D eigenvalue weighted by molar-refractivity contribution is 6.05. The lowest BCUT2D eigenvalue weighted by molar-refractivity contribution is 0.0710. The van der Waals surface area contributed by atoms with E-state index in [9.17, 15) is 9.90 Å². The van der Waals surface area contributed by atoms with Gasteiger partial charge in [0.15, 0.2) is 11.5 Å². The predicted molar refractivity (Wildman–Crippen MR) is 127 cm³/mol. The van der Waals surface area contributed by atoms with Crippen LogP contribution in [0, 0.1) is 0 Å². The molecule has 3 aromatic carbocycles. The lowest BCUT2D eigenvalue weighted by Gasteiger charge is -2.23. The summed E-state index contributed by atoms with van der Waals surface area (Å²) >= 11 is 0. The Hall–Kier alpha value is -4.20. The van der Waals surface area contributed by atoms with Gasteiger partial charge >= 0.3 is 0 Å². The number of amides is 1. The third-order valence-corrected chi connectivity index (χ3v) is 5.71. The summed E-state index contributed by atoms with van der Waals surface area (Å²) in [5, 5.41) is 16.2. The number of phenolic OH excluding ortho intramolecular Hbond substituents is 1. The van der Waals surface area contributed by atoms with E-state index in [-0.39, 0.29) is 11.7 Å². The molecular weight excluding hydrogens is 436 g/mol. The number of rotatable bonds is 7. The molecule has 0 aromatic heterocycles. The maximum absolute atomic E-state index is 13.7. The summed E-state index contributed by atoms with van der Waals surface area (Å²) in [7, 11) is 6.11. The number of aromatic hydroxyl groups is 1. The molecule has 4 rings (SSSR count). The van der Waals surface area contributed by atoms with Crippen molar-refractivity contribution in [2.75, 3.05) is 28.4 Å². The van der Waals surface area contributed by atoms with Crippen LogP contribution < -0.4 is 18.9 Å². The Morgan fingerprint density at radius 1 is 0.912 bits per heavy atom. The molecule has 8 nitrogen and oxygen atoms in total. The Morgan fingerprint density at radius 2 is 1.59 bits per heavy atom. The van der Waals surface area contributed by atoms with Crippen molar-refractivity contribution in [1.82, 2.24) is 5.01 Å². The molecule has 0 spiro atoms. The van der Waals surface area contributed by atoms with Crippen LogP contribution in [0.15, 0.2) is 65.8 Å². The molecule has 1 N–H and O–H groups in total. The van der Waals surface area contributed by atoms with E-state index >= 15 is 0 Å². The second-order valence-electron chi connectivity index (χ2n) is 7.65. The number of hydrogen-bond donors (Lipinski definition) is 1. The molecule has 0 bridgehead atoms. The third-order valence-electron chi connectivity index (χ3n) is 5.71. The van der Waals surface area contributed by atoms with Crippen molar-refractivity contribution < 1.29 is 28.8 Å². The van der Waals surface area contributed by atoms with E-state index in [1.54, 1.807) is 37.4 Å². The minimum Gasteiger partial charge on any atom is -0.508 e. The summed E-state index contributed by atoms with van der Waals surface area (Å²) < 4.78 is 21.5. The van der Waals surface area contributed by atoms with Gasteiger partial charge in [0.25, 0.3) is 5.91 Å². The molecule has 8 heteroatoms. The van der Waals surface area contributed by atoms with Crippen molar-refractivity contribution in [3.63, 3.8) is 0 Å². The molecular formula is C26H26N2O6. The van der Waals surface area contributed by atoms with Crippen molar-refractivity contribution in [3.8, 4) is 28.7 Å². The highest BCUT2D eigenvalue weighted by Crippen LogP contribution is 2.40. The van der Waals surface area contributed by atoms with E-state index in [0.29, 0.717) is 29.2 Å². The van der Waals surface area contributed by atoms with Gasteiger partial charge in [0.05, 0.1) is 40.2 Å². The maximum Gasteiger partial charge on any atom is 0.274 e. The van der Waals surface area contributed by atoms with E-state index in [0.717, 1.165) is 22.6 Å². The molecule has 3 aromatic rings. The van der Waals surface area contributed by atoms with Gasteiger partial charge in [-0.05, 0) is 59.7 Å². The molecule has 1 aliphatic heterocycles. The Kier molecular flexibility index (Phi) is 6.58. The predicted octanol–water partition coefficient (Wildman–Crippen LogP) is 4.42. The molecule has 1 amide bonds. The summed E-state index contributed by atoms with van der Waals surface area (Å²) in [6.07, 6.45) is 0.478. The highest BCUT2D eigenvalue weighted by atomic mass is 16.5.